The third kappa shape index (κ3) is 2.31. The van der Waals surface area contributed by atoms with Gasteiger partial charge in [0.2, 0.25) is 0 Å². The summed E-state index contributed by atoms with van der Waals surface area (Å²) in [6.07, 6.45) is 2.73. The molecule has 4 nitrogen and oxygen atoms in total. The van der Waals surface area contributed by atoms with Crippen molar-refractivity contribution in [2.24, 2.45) is 0 Å². The number of rotatable bonds is 3. The van der Waals surface area contributed by atoms with Crippen LogP contribution in [0.25, 0.3) is 0 Å². The molecule has 2 aromatic rings. The van der Waals surface area contributed by atoms with E-state index in [-0.39, 0.29) is 17.7 Å². The number of hydrogen-bond donors (Lipinski definition) is 1. The molecule has 1 aliphatic rings. The molecule has 3 rings (SSSR count). The lowest BCUT2D eigenvalue weighted by atomic mass is 10.0. The molecule has 1 aromatic carbocycles. The second kappa shape index (κ2) is 5.45. The lowest BCUT2D eigenvalue weighted by Gasteiger charge is -2.27. The highest BCUT2D eigenvalue weighted by Crippen LogP contribution is 2.34. The number of hydrogen-bond acceptors (Lipinski definition) is 4. The maximum absolute atomic E-state index is 14.2. The third-order valence-corrected chi connectivity index (χ3v) is 3.47. The Kier molecular flexibility index (Phi) is 3.50. The number of aromatic nitrogens is 2. The summed E-state index contributed by atoms with van der Waals surface area (Å²) in [4.78, 5) is 7.96. The van der Waals surface area contributed by atoms with Gasteiger partial charge in [-0.25, -0.2) is 14.4 Å². The van der Waals surface area contributed by atoms with Crippen molar-refractivity contribution in [2.45, 2.75) is 25.8 Å². The van der Waals surface area contributed by atoms with E-state index in [4.69, 9.17) is 4.74 Å². The Morgan fingerprint density at radius 2 is 2.20 bits per heavy atom. The summed E-state index contributed by atoms with van der Waals surface area (Å²) in [7, 11) is 0. The molecular weight excluding hydrogens is 257 g/mol. The lowest BCUT2D eigenvalue weighted by molar-refractivity contribution is 0.274. The highest BCUT2D eigenvalue weighted by molar-refractivity contribution is 5.45. The smallest absolute Gasteiger partial charge is 0.186 e. The van der Waals surface area contributed by atoms with Crippen LogP contribution in [0.1, 0.15) is 30.6 Å². The minimum atomic E-state index is -0.362. The van der Waals surface area contributed by atoms with E-state index < -0.39 is 0 Å². The molecule has 5 heteroatoms. The molecule has 20 heavy (non-hydrogen) atoms. The average Bonchev–Trinajstić information content (AvgIpc) is 2.50. The zero-order chi connectivity index (χ0) is 13.9. The Bertz CT molecular complexity index is 618. The average molecular weight is 273 g/mol. The van der Waals surface area contributed by atoms with Gasteiger partial charge >= 0.3 is 0 Å². The number of aryl methyl sites for hydroxylation is 1. The molecule has 0 saturated heterocycles. The molecule has 0 aliphatic carbocycles. The van der Waals surface area contributed by atoms with Crippen LogP contribution in [0.3, 0.4) is 0 Å². The minimum Gasteiger partial charge on any atom is -0.493 e. The Hall–Kier alpha value is -2.17. The van der Waals surface area contributed by atoms with Crippen molar-refractivity contribution < 1.29 is 9.13 Å². The van der Waals surface area contributed by atoms with E-state index in [9.17, 15) is 4.39 Å². The van der Waals surface area contributed by atoms with Crippen LogP contribution in [0.2, 0.25) is 0 Å². The molecule has 1 atom stereocenters. The van der Waals surface area contributed by atoms with Crippen LogP contribution in [0.4, 0.5) is 10.2 Å². The summed E-state index contributed by atoms with van der Waals surface area (Å²) in [6.45, 7) is 2.49. The van der Waals surface area contributed by atoms with E-state index in [1.165, 1.54) is 6.33 Å². The molecule has 1 N–H and O–H groups in total. The number of fused-ring (bicyclic) bond motifs is 1. The SMILES string of the molecule is CCc1ncnc(NC2CCOc3ccccc32)c1F. The zero-order valence-corrected chi connectivity index (χ0v) is 11.3. The van der Waals surface area contributed by atoms with E-state index in [0.717, 1.165) is 17.7 Å². The molecular formula is C15H16FN3O. The molecule has 0 bridgehead atoms. The highest BCUT2D eigenvalue weighted by Gasteiger charge is 2.22. The number of ether oxygens (including phenoxy) is 1. The molecule has 1 unspecified atom stereocenters. The molecule has 2 heterocycles. The molecule has 1 aliphatic heterocycles. The van der Waals surface area contributed by atoms with Gasteiger partial charge in [0.15, 0.2) is 11.6 Å². The first-order valence-corrected chi connectivity index (χ1v) is 6.77. The van der Waals surface area contributed by atoms with Gasteiger partial charge in [0, 0.05) is 12.0 Å². The molecule has 0 saturated carbocycles. The normalized spacial score (nSPS) is 17.2. The summed E-state index contributed by atoms with van der Waals surface area (Å²) >= 11 is 0. The van der Waals surface area contributed by atoms with Crippen LogP contribution in [0, 0.1) is 5.82 Å². The van der Waals surface area contributed by atoms with Gasteiger partial charge in [-0.2, -0.15) is 0 Å². The van der Waals surface area contributed by atoms with Gasteiger partial charge < -0.3 is 10.1 Å². The van der Waals surface area contributed by atoms with Gasteiger partial charge in [-0.05, 0) is 12.5 Å². The molecule has 0 spiro atoms. The summed E-state index contributed by atoms with van der Waals surface area (Å²) in [5.74, 6) is 0.749. The standard InChI is InChI=1S/C15H16FN3O/c1-2-11-14(16)15(18-9-17-11)19-12-7-8-20-13-6-4-3-5-10(12)13/h3-6,9,12H,2,7-8H2,1H3,(H,17,18,19). The van der Waals surface area contributed by atoms with E-state index in [1.54, 1.807) is 0 Å². The van der Waals surface area contributed by atoms with Crippen LogP contribution >= 0.6 is 0 Å². The van der Waals surface area contributed by atoms with Crippen molar-refractivity contribution in [3.8, 4) is 5.75 Å². The van der Waals surface area contributed by atoms with Crippen molar-refractivity contribution in [1.29, 1.82) is 0 Å². The first kappa shape index (κ1) is 12.8. The first-order valence-electron chi connectivity index (χ1n) is 6.77. The number of nitrogens with zero attached hydrogens (tertiary/aromatic N) is 2. The Balaban J connectivity index is 1.90. The van der Waals surface area contributed by atoms with Crippen LogP contribution < -0.4 is 10.1 Å². The van der Waals surface area contributed by atoms with Crippen LogP contribution in [-0.4, -0.2) is 16.6 Å². The van der Waals surface area contributed by atoms with Crippen molar-refractivity contribution >= 4 is 5.82 Å². The summed E-state index contributed by atoms with van der Waals surface area (Å²) in [6, 6.07) is 7.81. The fraction of sp³-hybridized carbons (Fsp3) is 0.333. The van der Waals surface area contributed by atoms with Crippen molar-refractivity contribution in [2.75, 3.05) is 11.9 Å². The lowest BCUT2D eigenvalue weighted by Crippen LogP contribution is -2.21. The van der Waals surface area contributed by atoms with E-state index >= 15 is 0 Å². The second-order valence-electron chi connectivity index (χ2n) is 4.71. The van der Waals surface area contributed by atoms with Gasteiger partial charge in [-0.1, -0.05) is 25.1 Å². The Labute approximate surface area is 117 Å². The van der Waals surface area contributed by atoms with E-state index in [1.807, 2.05) is 31.2 Å². The van der Waals surface area contributed by atoms with E-state index in [2.05, 4.69) is 15.3 Å². The van der Waals surface area contributed by atoms with Crippen LogP contribution in [0.15, 0.2) is 30.6 Å². The number of benzene rings is 1. The van der Waals surface area contributed by atoms with Crippen LogP contribution in [-0.2, 0) is 6.42 Å². The predicted octanol–water partition coefficient (Wildman–Crippen LogP) is 3.11. The van der Waals surface area contributed by atoms with Crippen molar-refractivity contribution in [3.63, 3.8) is 0 Å². The largest absolute Gasteiger partial charge is 0.493 e. The molecule has 1 aromatic heterocycles. The minimum absolute atomic E-state index is 0.00839. The number of para-hydroxylation sites is 1. The van der Waals surface area contributed by atoms with Crippen molar-refractivity contribution in [3.05, 3.63) is 47.7 Å². The maximum atomic E-state index is 14.2. The number of anilines is 1. The zero-order valence-electron chi connectivity index (χ0n) is 11.3. The highest BCUT2D eigenvalue weighted by atomic mass is 19.1. The first-order chi connectivity index (χ1) is 9.79. The Morgan fingerprint density at radius 1 is 1.35 bits per heavy atom. The molecule has 0 radical (unpaired) electrons. The maximum Gasteiger partial charge on any atom is 0.186 e. The summed E-state index contributed by atoms with van der Waals surface area (Å²) in [5.41, 5.74) is 1.47. The number of halogens is 1. The number of nitrogens with one attached hydrogen (secondary N) is 1. The Morgan fingerprint density at radius 3 is 3.05 bits per heavy atom. The van der Waals surface area contributed by atoms with E-state index in [0.29, 0.717) is 18.7 Å². The van der Waals surface area contributed by atoms with Gasteiger partial charge in [-0.15, -0.1) is 0 Å². The second-order valence-corrected chi connectivity index (χ2v) is 4.71. The molecule has 104 valence electrons. The molecule has 0 fully saturated rings. The summed E-state index contributed by atoms with van der Waals surface area (Å²) in [5, 5.41) is 3.17. The van der Waals surface area contributed by atoms with Gasteiger partial charge in [0.05, 0.1) is 18.3 Å². The van der Waals surface area contributed by atoms with Gasteiger partial charge in [-0.3, -0.25) is 0 Å². The van der Waals surface area contributed by atoms with Gasteiger partial charge in [0.1, 0.15) is 12.1 Å². The van der Waals surface area contributed by atoms with Crippen LogP contribution in [0.5, 0.6) is 5.75 Å². The predicted molar refractivity (Wildman–Crippen MR) is 74.3 cm³/mol. The van der Waals surface area contributed by atoms with Gasteiger partial charge in [0.25, 0.3) is 0 Å². The fourth-order valence-electron chi connectivity index (χ4n) is 2.41. The summed E-state index contributed by atoms with van der Waals surface area (Å²) < 4.78 is 19.8. The monoisotopic (exact) mass is 273 g/mol. The quantitative estimate of drug-likeness (QED) is 0.933. The van der Waals surface area contributed by atoms with Crippen molar-refractivity contribution in [1.82, 2.24) is 9.97 Å². The molecule has 0 amide bonds. The fourth-order valence-corrected chi connectivity index (χ4v) is 2.41. The third-order valence-electron chi connectivity index (χ3n) is 3.47. The topological polar surface area (TPSA) is 47.0 Å².